The third-order valence-electron chi connectivity index (χ3n) is 3.72. The number of rotatable bonds is 6. The van der Waals surface area contributed by atoms with Crippen LogP contribution < -0.4 is 20.9 Å². The summed E-state index contributed by atoms with van der Waals surface area (Å²) in [7, 11) is 0. The van der Waals surface area contributed by atoms with Crippen LogP contribution in [0.15, 0.2) is 48.5 Å². The van der Waals surface area contributed by atoms with Gasteiger partial charge in [-0.1, -0.05) is 41.2 Å². The minimum absolute atomic E-state index is 0.00664. The van der Waals surface area contributed by atoms with Crippen molar-refractivity contribution >= 4 is 38.5 Å². The fourth-order valence-corrected chi connectivity index (χ4v) is 3.12. The number of aryl methyl sites for hydroxylation is 1. The Morgan fingerprint density at radius 1 is 1.11 bits per heavy atom. The molecule has 2 aromatic carbocycles. The van der Waals surface area contributed by atoms with Crippen molar-refractivity contribution in [2.75, 3.05) is 11.9 Å². The second-order valence-electron chi connectivity index (χ2n) is 5.95. The smallest absolute Gasteiger partial charge is 0.279 e. The number of ether oxygens (including phenoxy) is 1. The number of carbonyl (C=O) groups excluding carboxylic acids is 2. The van der Waals surface area contributed by atoms with E-state index in [1.165, 1.54) is 11.3 Å². The number of carbonyl (C=O) groups is 2. The van der Waals surface area contributed by atoms with Gasteiger partial charge in [-0.15, -0.1) is 0 Å². The standard InChI is InChI=1S/C19H20N4O3S/c1-12-7-9-14(10-8-12)26-13(2)18(25)23-22-17(24)11-20-19-21-15-5-3-4-6-16(15)27-19/h3-10,13H,11H2,1-2H3,(H,20,21)(H,22,24)(H,23,25)/t13-/m1/s1. The highest BCUT2D eigenvalue weighted by atomic mass is 32.1. The molecule has 1 atom stereocenters. The number of aromatic nitrogens is 1. The average molecular weight is 384 g/mol. The maximum absolute atomic E-state index is 12.0. The maximum Gasteiger partial charge on any atom is 0.279 e. The first-order chi connectivity index (χ1) is 13.0. The van der Waals surface area contributed by atoms with Crippen LogP contribution >= 0.6 is 11.3 Å². The summed E-state index contributed by atoms with van der Waals surface area (Å²) >= 11 is 1.46. The van der Waals surface area contributed by atoms with E-state index in [-0.39, 0.29) is 12.5 Å². The van der Waals surface area contributed by atoms with Gasteiger partial charge < -0.3 is 10.1 Å². The van der Waals surface area contributed by atoms with Gasteiger partial charge in [-0.2, -0.15) is 0 Å². The van der Waals surface area contributed by atoms with E-state index in [4.69, 9.17) is 4.74 Å². The summed E-state index contributed by atoms with van der Waals surface area (Å²) in [5, 5.41) is 3.59. The Hall–Kier alpha value is -3.13. The number of fused-ring (bicyclic) bond motifs is 1. The summed E-state index contributed by atoms with van der Waals surface area (Å²) < 4.78 is 6.58. The van der Waals surface area contributed by atoms with Crippen molar-refractivity contribution in [2.24, 2.45) is 0 Å². The van der Waals surface area contributed by atoms with Crippen LogP contribution in [0.2, 0.25) is 0 Å². The molecular weight excluding hydrogens is 364 g/mol. The predicted octanol–water partition coefficient (Wildman–Crippen LogP) is 2.63. The molecule has 2 amide bonds. The summed E-state index contributed by atoms with van der Waals surface area (Å²) in [6, 6.07) is 15.1. The lowest BCUT2D eigenvalue weighted by molar-refractivity contribution is -0.132. The molecule has 3 N–H and O–H groups in total. The number of benzene rings is 2. The molecule has 0 saturated heterocycles. The van der Waals surface area contributed by atoms with E-state index in [1.54, 1.807) is 19.1 Å². The van der Waals surface area contributed by atoms with Crippen LogP contribution in [-0.2, 0) is 9.59 Å². The topological polar surface area (TPSA) is 92.4 Å². The highest BCUT2D eigenvalue weighted by Crippen LogP contribution is 2.24. The van der Waals surface area contributed by atoms with Gasteiger partial charge in [0, 0.05) is 0 Å². The normalized spacial score (nSPS) is 11.6. The van der Waals surface area contributed by atoms with Gasteiger partial charge in [0.1, 0.15) is 5.75 Å². The molecule has 0 aliphatic heterocycles. The largest absolute Gasteiger partial charge is 0.481 e. The van der Waals surface area contributed by atoms with Crippen LogP contribution in [0, 0.1) is 6.92 Å². The zero-order valence-corrected chi connectivity index (χ0v) is 15.8. The highest BCUT2D eigenvalue weighted by molar-refractivity contribution is 7.22. The molecular formula is C19H20N4O3S. The van der Waals surface area contributed by atoms with Gasteiger partial charge in [0.25, 0.3) is 11.8 Å². The Morgan fingerprint density at radius 2 is 1.85 bits per heavy atom. The molecule has 0 saturated carbocycles. The summed E-state index contributed by atoms with van der Waals surface area (Å²) in [5.74, 6) is -0.235. The number of thiazole rings is 1. The first kappa shape index (κ1) is 18.7. The Bertz CT molecular complexity index is 907. The van der Waals surface area contributed by atoms with Crippen molar-refractivity contribution in [3.63, 3.8) is 0 Å². The zero-order valence-electron chi connectivity index (χ0n) is 15.0. The van der Waals surface area contributed by atoms with Crippen molar-refractivity contribution in [2.45, 2.75) is 20.0 Å². The molecule has 7 nitrogen and oxygen atoms in total. The van der Waals surface area contributed by atoms with Gasteiger partial charge in [-0.3, -0.25) is 20.4 Å². The lowest BCUT2D eigenvalue weighted by Gasteiger charge is -2.15. The molecule has 8 heteroatoms. The molecule has 0 radical (unpaired) electrons. The number of para-hydroxylation sites is 1. The van der Waals surface area contributed by atoms with Crippen molar-refractivity contribution in [3.8, 4) is 5.75 Å². The number of hydrazine groups is 1. The molecule has 0 unspecified atom stereocenters. The fraction of sp³-hybridized carbons (Fsp3) is 0.211. The molecule has 27 heavy (non-hydrogen) atoms. The highest BCUT2D eigenvalue weighted by Gasteiger charge is 2.15. The third kappa shape index (κ3) is 5.18. The summed E-state index contributed by atoms with van der Waals surface area (Å²) in [6.45, 7) is 3.58. The molecule has 3 aromatic rings. The monoisotopic (exact) mass is 384 g/mol. The van der Waals surface area contributed by atoms with Crippen LogP contribution in [0.4, 0.5) is 5.13 Å². The minimum Gasteiger partial charge on any atom is -0.481 e. The number of hydrogen-bond acceptors (Lipinski definition) is 6. The SMILES string of the molecule is Cc1ccc(O[C@H](C)C(=O)NNC(=O)CNc2nc3ccccc3s2)cc1. The van der Waals surface area contributed by atoms with Crippen LogP contribution in [0.3, 0.4) is 0 Å². The zero-order chi connectivity index (χ0) is 19.2. The number of nitrogens with zero attached hydrogens (tertiary/aromatic N) is 1. The van der Waals surface area contributed by atoms with Crippen molar-refractivity contribution in [1.82, 2.24) is 15.8 Å². The van der Waals surface area contributed by atoms with E-state index in [0.717, 1.165) is 15.8 Å². The van der Waals surface area contributed by atoms with Gasteiger partial charge >= 0.3 is 0 Å². The molecule has 1 heterocycles. The Morgan fingerprint density at radius 3 is 2.59 bits per heavy atom. The molecule has 0 fully saturated rings. The Balaban J connectivity index is 1.42. The first-order valence-corrected chi connectivity index (χ1v) is 9.24. The van der Waals surface area contributed by atoms with E-state index >= 15 is 0 Å². The molecule has 0 aliphatic rings. The summed E-state index contributed by atoms with van der Waals surface area (Å²) in [4.78, 5) is 28.3. The molecule has 0 spiro atoms. The average Bonchev–Trinajstić information content (AvgIpc) is 3.09. The number of amides is 2. The van der Waals surface area contributed by atoms with E-state index in [0.29, 0.717) is 10.9 Å². The van der Waals surface area contributed by atoms with Crippen LogP contribution in [0.25, 0.3) is 10.2 Å². The van der Waals surface area contributed by atoms with Gasteiger partial charge in [0.15, 0.2) is 11.2 Å². The van der Waals surface area contributed by atoms with Crippen LogP contribution in [0.5, 0.6) is 5.75 Å². The number of hydrogen-bond donors (Lipinski definition) is 3. The van der Waals surface area contributed by atoms with E-state index in [1.807, 2.05) is 43.3 Å². The summed E-state index contributed by atoms with van der Waals surface area (Å²) in [6.07, 6.45) is -0.745. The number of nitrogens with one attached hydrogen (secondary N) is 3. The van der Waals surface area contributed by atoms with Crippen molar-refractivity contribution < 1.29 is 14.3 Å². The Kier molecular flexibility index (Phi) is 5.87. The molecule has 1 aromatic heterocycles. The van der Waals surface area contributed by atoms with E-state index < -0.39 is 12.0 Å². The molecule has 3 rings (SSSR count). The van der Waals surface area contributed by atoms with Crippen molar-refractivity contribution in [1.29, 1.82) is 0 Å². The van der Waals surface area contributed by atoms with Crippen LogP contribution in [0.1, 0.15) is 12.5 Å². The number of anilines is 1. The van der Waals surface area contributed by atoms with Gasteiger partial charge in [-0.05, 0) is 38.1 Å². The Labute approximate surface area is 160 Å². The van der Waals surface area contributed by atoms with Gasteiger partial charge in [0.05, 0.1) is 16.8 Å². The van der Waals surface area contributed by atoms with E-state index in [2.05, 4.69) is 21.2 Å². The van der Waals surface area contributed by atoms with E-state index in [9.17, 15) is 9.59 Å². The van der Waals surface area contributed by atoms with Gasteiger partial charge in [-0.25, -0.2) is 4.98 Å². The maximum atomic E-state index is 12.0. The first-order valence-electron chi connectivity index (χ1n) is 8.43. The lowest BCUT2D eigenvalue weighted by Crippen LogP contribution is -2.48. The quantitative estimate of drug-likeness (QED) is 0.568. The van der Waals surface area contributed by atoms with Crippen LogP contribution in [-0.4, -0.2) is 29.4 Å². The molecule has 0 bridgehead atoms. The second kappa shape index (κ2) is 8.50. The molecule has 0 aliphatic carbocycles. The predicted molar refractivity (Wildman–Crippen MR) is 106 cm³/mol. The minimum atomic E-state index is -0.745. The fourth-order valence-electron chi connectivity index (χ4n) is 2.26. The lowest BCUT2D eigenvalue weighted by atomic mass is 10.2. The second-order valence-corrected chi connectivity index (χ2v) is 6.98. The van der Waals surface area contributed by atoms with Gasteiger partial charge in [0.2, 0.25) is 0 Å². The van der Waals surface area contributed by atoms with Crippen molar-refractivity contribution in [3.05, 3.63) is 54.1 Å². The third-order valence-corrected chi connectivity index (χ3v) is 4.72. The summed E-state index contributed by atoms with van der Waals surface area (Å²) in [5.41, 5.74) is 6.69. The molecule has 140 valence electrons.